The molecule has 5 nitrogen and oxygen atoms in total. The summed E-state index contributed by atoms with van der Waals surface area (Å²) < 4.78 is 23.0. The third kappa shape index (κ3) is 6.08. The first-order chi connectivity index (χ1) is 11.8. The summed E-state index contributed by atoms with van der Waals surface area (Å²) in [5, 5.41) is 3.14. The maximum absolute atomic E-state index is 13.1. The molecule has 0 atom stereocenters. The standard InChI is InChI=1S/C16H11Cl3FNO4/c17-9-1-4-14(12(19)5-9)24-8-16(23)25-7-15(22)21-13-6-10(20)2-3-11(13)18/h1-6H,7-8H2,(H,21,22). The van der Waals surface area contributed by atoms with Crippen molar-refractivity contribution in [3.8, 4) is 5.75 Å². The molecule has 0 aliphatic heterocycles. The number of rotatable bonds is 6. The van der Waals surface area contributed by atoms with Gasteiger partial charge in [0.1, 0.15) is 11.6 Å². The average Bonchev–Trinajstić information content (AvgIpc) is 2.55. The summed E-state index contributed by atoms with van der Waals surface area (Å²) in [6, 6.07) is 7.99. The topological polar surface area (TPSA) is 64.6 Å². The van der Waals surface area contributed by atoms with Gasteiger partial charge in [0.25, 0.3) is 5.91 Å². The maximum atomic E-state index is 13.1. The summed E-state index contributed by atoms with van der Waals surface area (Å²) in [6.07, 6.45) is 0. The molecule has 132 valence electrons. The Kier molecular flexibility index (Phi) is 6.87. The lowest BCUT2D eigenvalue weighted by molar-refractivity contribution is -0.149. The molecule has 0 unspecified atom stereocenters. The van der Waals surface area contributed by atoms with Crippen molar-refractivity contribution in [3.05, 3.63) is 57.3 Å². The highest BCUT2D eigenvalue weighted by Crippen LogP contribution is 2.27. The van der Waals surface area contributed by atoms with Gasteiger partial charge in [0.2, 0.25) is 0 Å². The van der Waals surface area contributed by atoms with Crippen LogP contribution in [-0.2, 0) is 14.3 Å². The summed E-state index contributed by atoms with van der Waals surface area (Å²) in [4.78, 5) is 23.3. The minimum absolute atomic E-state index is 0.0758. The smallest absolute Gasteiger partial charge is 0.344 e. The quantitative estimate of drug-likeness (QED) is 0.725. The summed E-state index contributed by atoms with van der Waals surface area (Å²) >= 11 is 17.4. The molecule has 1 amide bonds. The number of nitrogens with one attached hydrogen (secondary N) is 1. The van der Waals surface area contributed by atoms with Crippen LogP contribution in [0.3, 0.4) is 0 Å². The zero-order valence-corrected chi connectivity index (χ0v) is 14.8. The van der Waals surface area contributed by atoms with Crippen molar-refractivity contribution in [1.82, 2.24) is 0 Å². The van der Waals surface area contributed by atoms with Gasteiger partial charge in [0, 0.05) is 5.02 Å². The molecule has 2 rings (SSSR count). The number of carbonyl (C=O) groups is 2. The number of ether oxygens (including phenoxy) is 2. The van der Waals surface area contributed by atoms with Crippen LogP contribution in [-0.4, -0.2) is 25.1 Å². The monoisotopic (exact) mass is 405 g/mol. The van der Waals surface area contributed by atoms with Gasteiger partial charge in [-0.3, -0.25) is 4.79 Å². The van der Waals surface area contributed by atoms with Crippen molar-refractivity contribution >= 4 is 52.4 Å². The third-order valence-electron chi connectivity index (χ3n) is 2.81. The van der Waals surface area contributed by atoms with E-state index >= 15 is 0 Å². The first-order valence-electron chi connectivity index (χ1n) is 6.83. The molecule has 1 N–H and O–H groups in total. The zero-order valence-electron chi connectivity index (χ0n) is 12.5. The molecular weight excluding hydrogens is 396 g/mol. The van der Waals surface area contributed by atoms with Gasteiger partial charge in [0.05, 0.1) is 15.7 Å². The predicted molar refractivity (Wildman–Crippen MR) is 93.0 cm³/mol. The minimum Gasteiger partial charge on any atom is -0.480 e. The van der Waals surface area contributed by atoms with E-state index in [0.717, 1.165) is 12.1 Å². The molecule has 25 heavy (non-hydrogen) atoms. The van der Waals surface area contributed by atoms with Crippen molar-refractivity contribution in [1.29, 1.82) is 0 Å². The van der Waals surface area contributed by atoms with E-state index in [1.54, 1.807) is 6.07 Å². The number of benzene rings is 2. The molecule has 0 saturated heterocycles. The number of amides is 1. The number of hydrogen-bond donors (Lipinski definition) is 1. The van der Waals surface area contributed by atoms with Crippen molar-refractivity contribution in [2.75, 3.05) is 18.5 Å². The SMILES string of the molecule is O=C(COC(=O)COc1ccc(Cl)cc1Cl)Nc1cc(F)ccc1Cl. The second kappa shape index (κ2) is 8.89. The van der Waals surface area contributed by atoms with Crippen LogP contribution in [0.1, 0.15) is 0 Å². The molecule has 2 aromatic carbocycles. The normalized spacial score (nSPS) is 10.2. The van der Waals surface area contributed by atoms with Crippen molar-refractivity contribution < 1.29 is 23.5 Å². The fraction of sp³-hybridized carbons (Fsp3) is 0.125. The molecule has 0 aliphatic carbocycles. The lowest BCUT2D eigenvalue weighted by Gasteiger charge is -2.09. The highest BCUT2D eigenvalue weighted by Gasteiger charge is 2.12. The second-order valence-corrected chi connectivity index (χ2v) is 5.95. The van der Waals surface area contributed by atoms with Gasteiger partial charge in [-0.25, -0.2) is 9.18 Å². The summed E-state index contributed by atoms with van der Waals surface area (Å²) in [5.74, 6) is -1.78. The Balaban J connectivity index is 1.79. The Hall–Kier alpha value is -2.02. The molecule has 0 bridgehead atoms. The largest absolute Gasteiger partial charge is 0.480 e. The van der Waals surface area contributed by atoms with Crippen LogP contribution < -0.4 is 10.1 Å². The highest BCUT2D eigenvalue weighted by molar-refractivity contribution is 6.35. The highest BCUT2D eigenvalue weighted by atomic mass is 35.5. The molecule has 9 heteroatoms. The fourth-order valence-electron chi connectivity index (χ4n) is 1.70. The Morgan fingerprint density at radius 2 is 1.76 bits per heavy atom. The van der Waals surface area contributed by atoms with Crippen molar-refractivity contribution in [2.45, 2.75) is 0 Å². The van der Waals surface area contributed by atoms with Crippen LogP contribution in [0, 0.1) is 5.82 Å². The molecule has 0 saturated carbocycles. The number of anilines is 1. The van der Waals surface area contributed by atoms with E-state index < -0.39 is 30.9 Å². The van der Waals surface area contributed by atoms with E-state index in [4.69, 9.17) is 44.3 Å². The summed E-state index contributed by atoms with van der Waals surface area (Å²) in [6.45, 7) is -1.03. The van der Waals surface area contributed by atoms with Crippen LogP contribution in [0.25, 0.3) is 0 Å². The van der Waals surface area contributed by atoms with Crippen LogP contribution in [0.5, 0.6) is 5.75 Å². The number of esters is 1. The lowest BCUT2D eigenvalue weighted by atomic mass is 10.3. The van der Waals surface area contributed by atoms with Crippen molar-refractivity contribution in [3.63, 3.8) is 0 Å². The average molecular weight is 407 g/mol. The van der Waals surface area contributed by atoms with E-state index in [-0.39, 0.29) is 21.5 Å². The van der Waals surface area contributed by atoms with E-state index in [2.05, 4.69) is 5.32 Å². The van der Waals surface area contributed by atoms with Crippen molar-refractivity contribution in [2.24, 2.45) is 0 Å². The number of hydrogen-bond acceptors (Lipinski definition) is 4. The van der Waals surface area contributed by atoms with Gasteiger partial charge < -0.3 is 14.8 Å². The second-order valence-electron chi connectivity index (χ2n) is 4.70. The molecule has 0 heterocycles. The van der Waals surface area contributed by atoms with Gasteiger partial charge in [-0.15, -0.1) is 0 Å². The van der Waals surface area contributed by atoms with Crippen LogP contribution in [0.15, 0.2) is 36.4 Å². The molecular formula is C16H11Cl3FNO4. The van der Waals surface area contributed by atoms with E-state index in [9.17, 15) is 14.0 Å². The molecule has 0 aromatic heterocycles. The Bertz CT molecular complexity index is 801. The molecule has 2 aromatic rings. The van der Waals surface area contributed by atoms with Gasteiger partial charge in [-0.1, -0.05) is 34.8 Å². The lowest BCUT2D eigenvalue weighted by Crippen LogP contribution is -2.23. The number of halogens is 4. The first kappa shape index (κ1) is 19.3. The number of carbonyl (C=O) groups excluding carboxylic acids is 2. The Morgan fingerprint density at radius 1 is 1.00 bits per heavy atom. The maximum Gasteiger partial charge on any atom is 0.344 e. The Labute approximate surface area is 157 Å². The van der Waals surface area contributed by atoms with Gasteiger partial charge in [-0.2, -0.15) is 0 Å². The zero-order chi connectivity index (χ0) is 18.4. The van der Waals surface area contributed by atoms with Gasteiger partial charge in [-0.05, 0) is 36.4 Å². The molecule has 0 spiro atoms. The van der Waals surface area contributed by atoms with Gasteiger partial charge >= 0.3 is 5.97 Å². The summed E-state index contributed by atoms with van der Waals surface area (Å²) in [7, 11) is 0. The van der Waals surface area contributed by atoms with E-state index in [1.807, 2.05) is 0 Å². The molecule has 0 aliphatic rings. The predicted octanol–water partition coefficient (Wildman–Crippen LogP) is 4.35. The van der Waals surface area contributed by atoms with E-state index in [1.165, 1.54) is 18.2 Å². The van der Waals surface area contributed by atoms with Gasteiger partial charge in [0.15, 0.2) is 13.2 Å². The first-order valence-corrected chi connectivity index (χ1v) is 7.97. The minimum atomic E-state index is -0.786. The Morgan fingerprint density at radius 3 is 2.48 bits per heavy atom. The molecule has 0 fully saturated rings. The molecule has 0 radical (unpaired) electrons. The summed E-state index contributed by atoms with van der Waals surface area (Å²) in [5.41, 5.74) is 0.0758. The fourth-order valence-corrected chi connectivity index (χ4v) is 2.32. The third-order valence-corrected chi connectivity index (χ3v) is 3.67. The van der Waals surface area contributed by atoms with Crippen LogP contribution in [0.2, 0.25) is 15.1 Å². The van der Waals surface area contributed by atoms with E-state index in [0.29, 0.717) is 5.02 Å². The van der Waals surface area contributed by atoms with Crippen LogP contribution in [0.4, 0.5) is 10.1 Å². The van der Waals surface area contributed by atoms with Crippen LogP contribution >= 0.6 is 34.8 Å².